The fraction of sp³-hybridized carbons (Fsp3) is 0.600. The van der Waals surface area contributed by atoms with E-state index in [1.165, 1.54) is 5.56 Å². The first-order chi connectivity index (χ1) is 9.15. The molecule has 3 nitrogen and oxygen atoms in total. The van der Waals surface area contributed by atoms with Gasteiger partial charge in [0.25, 0.3) is 0 Å². The Balaban J connectivity index is 1.87. The Morgan fingerprint density at radius 2 is 2.32 bits per heavy atom. The molecule has 1 aliphatic rings. The van der Waals surface area contributed by atoms with E-state index in [2.05, 4.69) is 47.2 Å². The molecular formula is C15H22BrNO2. The van der Waals surface area contributed by atoms with E-state index in [0.29, 0.717) is 12.0 Å². The van der Waals surface area contributed by atoms with Crippen molar-refractivity contribution in [1.29, 1.82) is 0 Å². The predicted molar refractivity (Wildman–Crippen MR) is 80.5 cm³/mol. The molecule has 2 rings (SSSR count). The fourth-order valence-electron chi connectivity index (χ4n) is 2.02. The van der Waals surface area contributed by atoms with Crippen molar-refractivity contribution in [3.63, 3.8) is 0 Å². The van der Waals surface area contributed by atoms with Crippen molar-refractivity contribution < 1.29 is 9.47 Å². The van der Waals surface area contributed by atoms with E-state index in [1.807, 2.05) is 6.07 Å². The van der Waals surface area contributed by atoms with Crippen LogP contribution in [0.25, 0.3) is 0 Å². The van der Waals surface area contributed by atoms with Crippen LogP contribution in [0.15, 0.2) is 22.7 Å². The summed E-state index contributed by atoms with van der Waals surface area (Å²) in [6.07, 6.45) is 1.11. The lowest BCUT2D eigenvalue weighted by Gasteiger charge is -2.13. The van der Waals surface area contributed by atoms with E-state index in [4.69, 9.17) is 9.47 Å². The molecule has 1 atom stereocenters. The lowest BCUT2D eigenvalue weighted by molar-refractivity contribution is 0.167. The third-order valence-electron chi connectivity index (χ3n) is 3.21. The van der Waals surface area contributed by atoms with Crippen LogP contribution in [-0.4, -0.2) is 25.9 Å². The Morgan fingerprint density at radius 3 is 2.95 bits per heavy atom. The molecule has 0 bridgehead atoms. The molecule has 0 aromatic heterocycles. The highest BCUT2D eigenvalue weighted by molar-refractivity contribution is 9.10. The van der Waals surface area contributed by atoms with E-state index in [9.17, 15) is 0 Å². The second kappa shape index (κ2) is 7.27. The molecule has 1 aromatic rings. The molecule has 106 valence electrons. The minimum atomic E-state index is 0.497. The lowest BCUT2D eigenvalue weighted by atomic mass is 10.1. The zero-order chi connectivity index (χ0) is 13.7. The highest BCUT2D eigenvalue weighted by atomic mass is 79.9. The summed E-state index contributed by atoms with van der Waals surface area (Å²) in [5.74, 6) is 1.45. The Hall–Kier alpha value is -0.580. The average molecular weight is 328 g/mol. The smallest absolute Gasteiger partial charge is 0.133 e. The van der Waals surface area contributed by atoms with Gasteiger partial charge in [-0.05, 0) is 40.0 Å². The first-order valence-electron chi connectivity index (χ1n) is 6.87. The van der Waals surface area contributed by atoms with Gasteiger partial charge in [0.05, 0.1) is 17.7 Å². The fourth-order valence-corrected chi connectivity index (χ4v) is 2.56. The Labute approximate surface area is 123 Å². The number of halogens is 1. The second-order valence-corrected chi connectivity index (χ2v) is 6.20. The van der Waals surface area contributed by atoms with Crippen LogP contribution in [0.5, 0.6) is 5.75 Å². The first-order valence-corrected chi connectivity index (χ1v) is 7.67. The molecule has 1 unspecified atom stereocenters. The van der Waals surface area contributed by atoms with Crippen molar-refractivity contribution in [3.05, 3.63) is 28.2 Å². The van der Waals surface area contributed by atoms with Gasteiger partial charge in [0.15, 0.2) is 0 Å². The third-order valence-corrected chi connectivity index (χ3v) is 3.83. The number of rotatable bonds is 6. The molecule has 1 N–H and O–H groups in total. The molecule has 1 saturated heterocycles. The van der Waals surface area contributed by atoms with Crippen LogP contribution in [0.1, 0.15) is 25.8 Å². The van der Waals surface area contributed by atoms with Crippen molar-refractivity contribution >= 4 is 15.9 Å². The topological polar surface area (TPSA) is 30.5 Å². The van der Waals surface area contributed by atoms with E-state index in [0.717, 1.165) is 43.0 Å². The maximum Gasteiger partial charge on any atom is 0.133 e. The molecule has 1 heterocycles. The molecule has 1 aromatic carbocycles. The Kier molecular flexibility index (Phi) is 5.67. The van der Waals surface area contributed by atoms with Crippen molar-refractivity contribution in [2.45, 2.75) is 32.9 Å². The highest BCUT2D eigenvalue weighted by Crippen LogP contribution is 2.27. The maximum absolute atomic E-state index is 5.85. The lowest BCUT2D eigenvalue weighted by Crippen LogP contribution is -2.21. The average Bonchev–Trinajstić information content (AvgIpc) is 2.88. The van der Waals surface area contributed by atoms with Crippen molar-refractivity contribution in [2.75, 3.05) is 19.8 Å². The van der Waals surface area contributed by atoms with Crippen molar-refractivity contribution in [3.8, 4) is 5.75 Å². The molecule has 0 aliphatic carbocycles. The molecule has 4 heteroatoms. The van der Waals surface area contributed by atoms with Crippen LogP contribution in [-0.2, 0) is 11.3 Å². The molecule has 19 heavy (non-hydrogen) atoms. The SMILES string of the molecule is CC(C)NCc1ccc(OCC2CCOC2)c(Br)c1. The molecule has 1 aliphatic heterocycles. The third kappa shape index (κ3) is 4.79. The number of hydrogen-bond acceptors (Lipinski definition) is 3. The molecule has 0 saturated carbocycles. The normalized spacial score (nSPS) is 19.1. The number of ether oxygens (including phenoxy) is 2. The standard InChI is InChI=1S/C15H22BrNO2/c1-11(2)17-8-12-3-4-15(14(16)7-12)19-10-13-5-6-18-9-13/h3-4,7,11,13,17H,5-6,8-10H2,1-2H3. The molecule has 0 radical (unpaired) electrons. The van der Waals surface area contributed by atoms with Crippen LogP contribution in [0, 0.1) is 5.92 Å². The van der Waals surface area contributed by atoms with Gasteiger partial charge in [0.2, 0.25) is 0 Å². The number of nitrogens with one attached hydrogen (secondary N) is 1. The van der Waals surface area contributed by atoms with Crippen LogP contribution in [0.2, 0.25) is 0 Å². The van der Waals surface area contributed by atoms with Gasteiger partial charge in [-0.25, -0.2) is 0 Å². The summed E-state index contributed by atoms with van der Waals surface area (Å²) in [6.45, 7) is 7.62. The zero-order valence-corrected chi connectivity index (χ0v) is 13.2. The van der Waals surface area contributed by atoms with Crippen molar-refractivity contribution in [2.24, 2.45) is 5.92 Å². The summed E-state index contributed by atoms with van der Waals surface area (Å²) in [6, 6.07) is 6.77. The number of benzene rings is 1. The monoisotopic (exact) mass is 327 g/mol. The van der Waals surface area contributed by atoms with Crippen LogP contribution >= 0.6 is 15.9 Å². The van der Waals surface area contributed by atoms with Crippen LogP contribution in [0.4, 0.5) is 0 Å². The van der Waals surface area contributed by atoms with Gasteiger partial charge in [-0.1, -0.05) is 19.9 Å². The van der Waals surface area contributed by atoms with E-state index in [1.54, 1.807) is 0 Å². The predicted octanol–water partition coefficient (Wildman–Crippen LogP) is 3.36. The summed E-state index contributed by atoms with van der Waals surface area (Å²) in [4.78, 5) is 0. The van der Waals surface area contributed by atoms with E-state index < -0.39 is 0 Å². The summed E-state index contributed by atoms with van der Waals surface area (Å²) in [5, 5.41) is 3.41. The Morgan fingerprint density at radius 1 is 1.47 bits per heavy atom. The molecule has 0 spiro atoms. The first kappa shape index (κ1) is 14.8. The van der Waals surface area contributed by atoms with Gasteiger partial charge in [-0.3, -0.25) is 0 Å². The van der Waals surface area contributed by atoms with Gasteiger partial charge in [0, 0.05) is 25.1 Å². The van der Waals surface area contributed by atoms with Gasteiger partial charge in [0.1, 0.15) is 5.75 Å². The summed E-state index contributed by atoms with van der Waals surface area (Å²) < 4.78 is 12.2. The second-order valence-electron chi connectivity index (χ2n) is 5.34. The zero-order valence-electron chi connectivity index (χ0n) is 11.6. The summed E-state index contributed by atoms with van der Waals surface area (Å²) in [5.41, 5.74) is 1.26. The number of hydrogen-bond donors (Lipinski definition) is 1. The van der Waals surface area contributed by atoms with Gasteiger partial charge in [-0.2, -0.15) is 0 Å². The van der Waals surface area contributed by atoms with Gasteiger partial charge in [-0.15, -0.1) is 0 Å². The molecule has 1 fully saturated rings. The molecular weight excluding hydrogens is 306 g/mol. The highest BCUT2D eigenvalue weighted by Gasteiger charge is 2.16. The minimum absolute atomic E-state index is 0.497. The maximum atomic E-state index is 5.85. The summed E-state index contributed by atoms with van der Waals surface area (Å²) in [7, 11) is 0. The van der Waals surface area contributed by atoms with Gasteiger partial charge >= 0.3 is 0 Å². The van der Waals surface area contributed by atoms with Gasteiger partial charge < -0.3 is 14.8 Å². The summed E-state index contributed by atoms with van der Waals surface area (Å²) >= 11 is 3.58. The van der Waals surface area contributed by atoms with Crippen LogP contribution < -0.4 is 10.1 Å². The Bertz CT molecular complexity index is 403. The van der Waals surface area contributed by atoms with E-state index in [-0.39, 0.29) is 0 Å². The quantitative estimate of drug-likeness (QED) is 0.869. The molecule has 0 amide bonds. The van der Waals surface area contributed by atoms with E-state index >= 15 is 0 Å². The van der Waals surface area contributed by atoms with Crippen molar-refractivity contribution in [1.82, 2.24) is 5.32 Å². The van der Waals surface area contributed by atoms with Crippen LogP contribution in [0.3, 0.4) is 0 Å². The minimum Gasteiger partial charge on any atom is -0.492 e. The largest absolute Gasteiger partial charge is 0.492 e.